The van der Waals surface area contributed by atoms with E-state index in [0.29, 0.717) is 0 Å². The van der Waals surface area contributed by atoms with Crippen molar-refractivity contribution in [1.82, 2.24) is 22.0 Å². The largest absolute Gasteiger partial charge is 0.354 e. The van der Waals surface area contributed by atoms with E-state index in [0.717, 1.165) is 88.6 Å². The zero-order valence-corrected chi connectivity index (χ0v) is 29.0. The zero-order chi connectivity index (χ0) is 33.2. The Morgan fingerprint density at radius 3 is 0.780 bits per heavy atom. The minimum Gasteiger partial charge on any atom is -0.354 e. The fourth-order valence-electron chi connectivity index (χ4n) is 7.62. The second kappa shape index (κ2) is 11.6. The van der Waals surface area contributed by atoms with E-state index in [1.165, 1.54) is 0 Å². The molecule has 5 nitrogen and oxygen atoms in total. The number of halogens is 1. The lowest BCUT2D eigenvalue weighted by atomic mass is 10.1. The van der Waals surface area contributed by atoms with E-state index < -0.39 is 0 Å². The Morgan fingerprint density at radius 2 is 0.540 bits per heavy atom. The summed E-state index contributed by atoms with van der Waals surface area (Å²) >= 11 is 2.52. The molecule has 0 spiro atoms. The summed E-state index contributed by atoms with van der Waals surface area (Å²) in [6.45, 7) is 0. The first-order valence-electron chi connectivity index (χ1n) is 16.7. The van der Waals surface area contributed by atoms with Gasteiger partial charge in [-0.25, -0.2) is 9.03 Å². The fraction of sp³-hybridized carbons (Fsp3) is 0. The number of aromatic nitrogens is 5. The van der Waals surface area contributed by atoms with E-state index in [1.54, 1.807) is 0 Å². The first-order chi connectivity index (χ1) is 24.7. The van der Waals surface area contributed by atoms with Gasteiger partial charge in [-0.15, -0.1) is 0 Å². The molecule has 0 aliphatic carbocycles. The van der Waals surface area contributed by atoms with E-state index in [-0.39, 0.29) is 0 Å². The molecule has 6 bridgehead atoms. The molecule has 0 atom stereocenters. The van der Waals surface area contributed by atoms with Gasteiger partial charge in [-0.05, 0) is 70.8 Å². The van der Waals surface area contributed by atoms with Gasteiger partial charge in [-0.2, -0.15) is 3.01 Å². The van der Waals surface area contributed by atoms with Gasteiger partial charge in [-0.3, -0.25) is 0 Å². The smallest absolute Gasteiger partial charge is 0.107 e. The van der Waals surface area contributed by atoms with Gasteiger partial charge in [0.25, 0.3) is 0 Å². The topological polar surface area (TPSA) is 45.3 Å². The average Bonchev–Trinajstić information content (AvgIpc) is 3.99. The number of hydrogen-bond acceptors (Lipinski definition) is 0. The molecule has 4 aromatic carbocycles. The Morgan fingerprint density at radius 1 is 0.300 bits per heavy atom. The molecule has 50 heavy (non-hydrogen) atoms. The molecule has 6 heteroatoms. The molecule has 0 saturated carbocycles. The van der Waals surface area contributed by atoms with E-state index in [4.69, 9.17) is 0 Å². The predicted molar refractivity (Wildman–Crippen MR) is 216 cm³/mol. The van der Waals surface area contributed by atoms with E-state index in [2.05, 4.69) is 215 Å². The van der Waals surface area contributed by atoms with Gasteiger partial charge < -0.3 is 9.97 Å². The van der Waals surface area contributed by atoms with Gasteiger partial charge in [-0.1, -0.05) is 121 Å². The monoisotopic (exact) mass is 755 g/mol. The fourth-order valence-corrected chi connectivity index (χ4v) is 8.55. The summed E-state index contributed by atoms with van der Waals surface area (Å²) in [6.07, 6.45) is 0. The second-order valence-corrected chi connectivity index (χ2v) is 13.5. The third-order valence-electron chi connectivity index (χ3n) is 9.76. The molecule has 0 radical (unpaired) electrons. The van der Waals surface area contributed by atoms with Gasteiger partial charge in [0, 0.05) is 44.3 Å². The summed E-state index contributed by atoms with van der Waals surface area (Å²) < 4.78 is 7.03. The Kier molecular flexibility index (Phi) is 6.70. The van der Waals surface area contributed by atoms with Crippen LogP contribution in [0, 0.1) is 0 Å². The van der Waals surface area contributed by atoms with E-state index >= 15 is 0 Å². The molecule has 0 aliphatic rings. The van der Waals surface area contributed by atoms with Crippen LogP contribution in [0.25, 0.3) is 88.6 Å². The van der Waals surface area contributed by atoms with Crippen molar-refractivity contribution in [1.29, 1.82) is 0 Å². The highest BCUT2D eigenvalue weighted by atomic mass is 127. The van der Waals surface area contributed by atoms with Gasteiger partial charge in [0.05, 0.1) is 22.1 Å². The van der Waals surface area contributed by atoms with Crippen LogP contribution in [0.15, 0.2) is 170 Å². The van der Waals surface area contributed by atoms with Gasteiger partial charge in [0.15, 0.2) is 0 Å². The Balaban J connectivity index is 1.58. The van der Waals surface area contributed by atoms with Crippen LogP contribution in [0.4, 0.5) is 0 Å². The van der Waals surface area contributed by atoms with Crippen LogP contribution in [0.5, 0.6) is 0 Å². The van der Waals surface area contributed by atoms with E-state index in [9.17, 15) is 0 Å². The molecular formula is C44H30IN5. The Bertz CT molecular complexity index is 2520. The lowest BCUT2D eigenvalue weighted by Crippen LogP contribution is -2.08. The third kappa shape index (κ3) is 4.45. The van der Waals surface area contributed by atoms with Crippen molar-refractivity contribution in [3.8, 4) is 44.5 Å². The van der Waals surface area contributed by atoms with Crippen LogP contribution >= 0.6 is 22.9 Å². The lowest BCUT2D eigenvalue weighted by Gasteiger charge is -2.15. The highest BCUT2D eigenvalue weighted by molar-refractivity contribution is 14.1. The molecule has 0 aliphatic heterocycles. The summed E-state index contributed by atoms with van der Waals surface area (Å²) in [7, 11) is 0. The van der Waals surface area contributed by atoms with Gasteiger partial charge >= 0.3 is 0 Å². The SMILES string of the molecule is In1n2c3ccc2c(-c2ccccc2)c2ccc([nH]2)c(-c2ccccc2)c2ccc(c(-c4ccccc4)c4ccc([nH]4)c3-c3ccccc3)n21. The minimum absolute atomic E-state index is 1.06. The van der Waals surface area contributed by atoms with Crippen LogP contribution in [0.2, 0.25) is 0 Å². The van der Waals surface area contributed by atoms with E-state index in [1.807, 2.05) is 0 Å². The first-order valence-corrected chi connectivity index (χ1v) is 17.7. The quantitative estimate of drug-likeness (QED) is 0.168. The number of fused-ring (bicyclic) bond motifs is 4. The number of hydrogen-bond donors (Lipinski definition) is 2. The lowest BCUT2D eigenvalue weighted by molar-refractivity contribution is 0.782. The molecule has 238 valence electrons. The number of rotatable bonds is 4. The highest BCUT2D eigenvalue weighted by Gasteiger charge is 2.20. The molecule has 0 fully saturated rings. The third-order valence-corrected chi connectivity index (χ3v) is 10.6. The van der Waals surface area contributed by atoms with Crippen molar-refractivity contribution < 1.29 is 0 Å². The van der Waals surface area contributed by atoms with Crippen molar-refractivity contribution in [2.24, 2.45) is 0 Å². The number of aromatic amines is 2. The molecule has 10 rings (SSSR count). The maximum atomic E-state index is 3.90. The first kappa shape index (κ1) is 29.0. The minimum atomic E-state index is 1.06. The summed E-state index contributed by atoms with van der Waals surface area (Å²) in [4.78, 5) is 7.81. The Hall–Kier alpha value is -5.99. The van der Waals surface area contributed by atoms with Gasteiger partial charge in [0.1, 0.15) is 22.9 Å². The van der Waals surface area contributed by atoms with Crippen LogP contribution in [0.3, 0.4) is 0 Å². The van der Waals surface area contributed by atoms with Crippen molar-refractivity contribution >= 4 is 67.0 Å². The van der Waals surface area contributed by atoms with Crippen LogP contribution < -0.4 is 0 Å². The number of nitrogens with one attached hydrogen (secondary N) is 2. The van der Waals surface area contributed by atoms with Crippen LogP contribution in [-0.4, -0.2) is 22.0 Å². The predicted octanol–water partition coefficient (Wildman–Crippen LogP) is 12.1. The number of H-pyrrole nitrogens is 2. The number of benzene rings is 4. The summed E-state index contributed by atoms with van der Waals surface area (Å²) in [5.41, 5.74) is 17.6. The van der Waals surface area contributed by atoms with Crippen molar-refractivity contribution in [2.75, 3.05) is 0 Å². The molecular weight excluding hydrogens is 725 g/mol. The van der Waals surface area contributed by atoms with Crippen molar-refractivity contribution in [3.05, 3.63) is 170 Å². The molecule has 10 aromatic rings. The zero-order valence-electron chi connectivity index (χ0n) is 26.9. The average molecular weight is 756 g/mol. The molecule has 0 unspecified atom stereocenters. The summed E-state index contributed by atoms with van der Waals surface area (Å²) in [5, 5.41) is 0. The number of nitrogens with zero attached hydrogens (tertiary/aromatic N) is 3. The normalized spacial score (nSPS) is 11.7. The highest BCUT2D eigenvalue weighted by Crippen LogP contribution is 2.39. The maximum Gasteiger partial charge on any atom is 0.107 e. The second-order valence-electron chi connectivity index (χ2n) is 12.6. The molecule has 6 heterocycles. The molecule has 6 aromatic heterocycles. The van der Waals surface area contributed by atoms with Gasteiger partial charge in [0.2, 0.25) is 0 Å². The standard InChI is InChI=1S/C44H30IN5/c45-50-48-37-25-26-38(48)43(31-17-9-3-10-18-31)35-23-24-36(47-35)44(32-19-11-4-12-20-32)40-28-27-39(49(40)50)42(30-15-7-2-8-16-30)34-22-21-33(46-34)41(37)29-13-5-1-6-14-29/h1-28,46-47H. The Labute approximate surface area is 301 Å². The maximum absolute atomic E-state index is 3.90. The molecule has 0 amide bonds. The molecule has 0 saturated heterocycles. The van der Waals surface area contributed by atoms with Crippen LogP contribution in [0.1, 0.15) is 0 Å². The molecule has 2 N–H and O–H groups in total. The van der Waals surface area contributed by atoms with Crippen LogP contribution in [-0.2, 0) is 0 Å². The van der Waals surface area contributed by atoms with Crippen molar-refractivity contribution in [2.45, 2.75) is 0 Å². The summed E-state index contributed by atoms with van der Waals surface area (Å²) in [5.74, 6) is 0. The van der Waals surface area contributed by atoms with Crippen molar-refractivity contribution in [3.63, 3.8) is 0 Å². The summed E-state index contributed by atoms with van der Waals surface area (Å²) in [6, 6.07) is 60.9.